The first-order valence-electron chi connectivity index (χ1n) is 16.4. The van der Waals surface area contributed by atoms with Crippen LogP contribution >= 0.6 is 11.8 Å². The van der Waals surface area contributed by atoms with Crippen LogP contribution in [0.4, 0.5) is 13.6 Å². The summed E-state index contributed by atoms with van der Waals surface area (Å²) < 4.78 is 32.3. The van der Waals surface area contributed by atoms with E-state index in [2.05, 4.69) is 51.9 Å². The molecule has 2 bridgehead atoms. The number of hydrogen-bond donors (Lipinski definition) is 5. The van der Waals surface area contributed by atoms with Crippen LogP contribution in [0.15, 0.2) is 12.7 Å². The molecule has 0 radical (unpaired) electrons. The van der Waals surface area contributed by atoms with E-state index < -0.39 is 42.7 Å². The number of piperazine rings is 1. The van der Waals surface area contributed by atoms with Crippen molar-refractivity contribution in [2.45, 2.75) is 112 Å². The maximum atomic E-state index is 16.5. The van der Waals surface area contributed by atoms with Crippen molar-refractivity contribution >= 4 is 29.6 Å². The van der Waals surface area contributed by atoms with E-state index in [0.29, 0.717) is 39.0 Å². The number of hydrogen-bond acceptors (Lipinski definition) is 8. The zero-order valence-corrected chi connectivity index (χ0v) is 26.3. The van der Waals surface area contributed by atoms with Crippen molar-refractivity contribution in [1.82, 2.24) is 41.3 Å². The lowest BCUT2D eigenvalue weighted by atomic mass is 9.72. The summed E-state index contributed by atoms with van der Waals surface area (Å²) in [6.07, 6.45) is 0.331. The highest BCUT2D eigenvalue weighted by atomic mass is 32.2. The van der Waals surface area contributed by atoms with Crippen molar-refractivity contribution in [3.05, 3.63) is 12.7 Å². The number of thioether (sulfide) groups is 1. The molecule has 11 unspecified atom stereocenters. The van der Waals surface area contributed by atoms with E-state index in [9.17, 15) is 14.4 Å². The molecule has 5 N–H and O–H groups in total. The van der Waals surface area contributed by atoms with Gasteiger partial charge < -0.3 is 20.4 Å². The first-order valence-corrected chi connectivity index (χ1v) is 17.4. The Kier molecular flexibility index (Phi) is 8.34. The number of piperidine rings is 1. The van der Waals surface area contributed by atoms with Gasteiger partial charge in [0.2, 0.25) is 11.8 Å². The Hall–Kier alpha value is -2.00. The van der Waals surface area contributed by atoms with Crippen LogP contribution in [0.25, 0.3) is 0 Å². The van der Waals surface area contributed by atoms with Crippen LogP contribution < -0.4 is 26.6 Å². The van der Waals surface area contributed by atoms with Gasteiger partial charge in [-0.25, -0.2) is 13.6 Å². The minimum Gasteiger partial charge on any atom is -0.352 e. The number of amides is 4. The minimum atomic E-state index is -1.35. The summed E-state index contributed by atoms with van der Waals surface area (Å²) in [5, 5.41) is 16.7. The fourth-order valence-corrected chi connectivity index (χ4v) is 10.3. The number of halogens is 2. The van der Waals surface area contributed by atoms with Crippen LogP contribution in [0.2, 0.25) is 0 Å². The minimum absolute atomic E-state index is 0.0581. The topological polar surface area (TPSA) is 121 Å². The maximum absolute atomic E-state index is 16.5. The molecule has 2 aliphatic carbocycles. The lowest BCUT2D eigenvalue weighted by molar-refractivity contribution is -0.130. The van der Waals surface area contributed by atoms with E-state index in [1.807, 2.05) is 9.80 Å². The van der Waals surface area contributed by atoms with Crippen molar-refractivity contribution in [3.63, 3.8) is 0 Å². The van der Waals surface area contributed by atoms with Gasteiger partial charge in [-0.15, -0.1) is 11.8 Å². The van der Waals surface area contributed by atoms with Crippen LogP contribution in [0.5, 0.6) is 0 Å². The van der Waals surface area contributed by atoms with Crippen molar-refractivity contribution in [1.29, 1.82) is 0 Å². The van der Waals surface area contributed by atoms with Crippen molar-refractivity contribution < 1.29 is 23.2 Å². The second kappa shape index (κ2) is 12.0. The van der Waals surface area contributed by atoms with Crippen LogP contribution in [0.1, 0.15) is 46.0 Å². The summed E-state index contributed by atoms with van der Waals surface area (Å²) >= 11 is 1.47. The number of fused-ring (bicyclic) bond motifs is 6. The standard InChI is InChI=1S/C30H46F2N8O3S/c1-4-22(42)38-8-9-39(20-11-19(20)38)27-15-10-17(32)25-23-16(31)6-5-7-18(23)35-21(41)12-44-29-26(24(14(2)3)33-13-34-29)40(28(15)36-25)30(43)37-27/h4,14-20,23-29,33-34,36H,1,5-13H2,2-3H3,(H,35,41)(H,37,43)/t15?,16?,17?,18?,19-,20+,23?,24?,25?,26?,27?,28?,29?/m0/s1. The molecule has 4 amide bonds. The van der Waals surface area contributed by atoms with Crippen LogP contribution in [0.3, 0.4) is 0 Å². The SMILES string of the molecule is C=CC(=O)N1CCN(C2NC(=O)N3C4NC(C(F)CC42)C2C(F)CCCC2NC(=O)CSC2NCNC(C(C)C)C23)[C@@H]2C[C@@H]21. The van der Waals surface area contributed by atoms with Crippen molar-refractivity contribution in [2.24, 2.45) is 17.8 Å². The van der Waals surface area contributed by atoms with Crippen LogP contribution in [-0.4, -0.2) is 124 Å². The lowest BCUT2D eigenvalue weighted by Gasteiger charge is -2.59. The zero-order valence-electron chi connectivity index (χ0n) is 25.5. The van der Waals surface area contributed by atoms with Crippen LogP contribution in [0, 0.1) is 17.8 Å². The molecule has 0 spiro atoms. The van der Waals surface area contributed by atoms with Crippen LogP contribution in [-0.2, 0) is 9.59 Å². The van der Waals surface area contributed by atoms with E-state index in [4.69, 9.17) is 0 Å². The van der Waals surface area contributed by atoms with Gasteiger partial charge in [0.15, 0.2) is 0 Å². The van der Waals surface area contributed by atoms with Gasteiger partial charge in [-0.05, 0) is 44.1 Å². The normalized spacial score (nSPS) is 45.9. The summed E-state index contributed by atoms with van der Waals surface area (Å²) in [6.45, 7) is 9.50. The summed E-state index contributed by atoms with van der Waals surface area (Å²) in [7, 11) is 0. The van der Waals surface area contributed by atoms with Gasteiger partial charge in [0.1, 0.15) is 12.3 Å². The van der Waals surface area contributed by atoms with E-state index in [0.717, 1.165) is 6.42 Å². The molecule has 0 aromatic heterocycles. The summed E-state index contributed by atoms with van der Waals surface area (Å²) in [4.78, 5) is 46.0. The molecule has 5 saturated heterocycles. The number of nitrogens with one attached hydrogen (secondary N) is 5. The number of carbonyl (C=O) groups is 3. The predicted molar refractivity (Wildman–Crippen MR) is 163 cm³/mol. The molecule has 2 saturated carbocycles. The van der Waals surface area contributed by atoms with Crippen molar-refractivity contribution in [3.8, 4) is 0 Å². The van der Waals surface area contributed by atoms with E-state index in [-0.39, 0.29) is 71.4 Å². The molecule has 5 aliphatic heterocycles. The smallest absolute Gasteiger partial charge is 0.320 e. The Morgan fingerprint density at radius 2 is 1.86 bits per heavy atom. The molecular weight excluding hydrogens is 590 g/mol. The molecule has 11 nitrogen and oxygen atoms in total. The molecule has 7 fully saturated rings. The second-order valence-corrected chi connectivity index (χ2v) is 15.1. The summed E-state index contributed by atoms with van der Waals surface area (Å²) in [5.74, 6) is -0.962. The zero-order chi connectivity index (χ0) is 30.9. The molecule has 14 heteroatoms. The highest BCUT2D eigenvalue weighted by Crippen LogP contribution is 2.45. The third kappa shape index (κ3) is 5.22. The van der Waals surface area contributed by atoms with Gasteiger partial charge >= 0.3 is 6.03 Å². The average Bonchev–Trinajstić information content (AvgIpc) is 3.80. The molecule has 244 valence electrons. The number of rotatable bonds is 3. The monoisotopic (exact) mass is 636 g/mol. The molecule has 7 aliphatic rings. The third-order valence-electron chi connectivity index (χ3n) is 11.2. The first kappa shape index (κ1) is 30.6. The molecule has 44 heavy (non-hydrogen) atoms. The van der Waals surface area contributed by atoms with Gasteiger partial charge in [-0.1, -0.05) is 20.4 Å². The number of nitrogens with zero attached hydrogens (tertiary/aromatic N) is 3. The Bertz CT molecular complexity index is 1170. The fraction of sp³-hybridized carbons (Fsp3) is 0.833. The first-order chi connectivity index (χ1) is 21.2. The number of alkyl halides is 2. The Balaban J connectivity index is 1.26. The van der Waals surface area contributed by atoms with Gasteiger partial charge in [-0.2, -0.15) is 0 Å². The van der Waals surface area contributed by atoms with Crippen molar-refractivity contribution in [2.75, 3.05) is 25.5 Å². The van der Waals surface area contributed by atoms with Gasteiger partial charge in [0, 0.05) is 61.8 Å². The largest absolute Gasteiger partial charge is 0.352 e. The number of carbonyl (C=O) groups excluding carboxylic acids is 3. The Morgan fingerprint density at radius 3 is 2.64 bits per heavy atom. The van der Waals surface area contributed by atoms with Gasteiger partial charge in [-0.3, -0.25) is 30.4 Å². The predicted octanol–water partition coefficient (Wildman–Crippen LogP) is 0.691. The molecular formula is C30H46F2N8O3S. The number of urea groups is 1. The van der Waals surface area contributed by atoms with E-state index >= 15 is 8.78 Å². The van der Waals surface area contributed by atoms with E-state index in [1.54, 1.807) is 0 Å². The average molecular weight is 637 g/mol. The fourth-order valence-electron chi connectivity index (χ4n) is 9.18. The molecule has 5 heterocycles. The third-order valence-corrected chi connectivity index (χ3v) is 12.5. The van der Waals surface area contributed by atoms with Gasteiger partial charge in [0.05, 0.1) is 29.5 Å². The molecule has 13 atom stereocenters. The quantitative estimate of drug-likeness (QED) is 0.287. The van der Waals surface area contributed by atoms with Gasteiger partial charge in [0.25, 0.3) is 0 Å². The summed E-state index contributed by atoms with van der Waals surface area (Å²) in [5.41, 5.74) is 0. The highest BCUT2D eigenvalue weighted by molar-refractivity contribution is 8.00. The Morgan fingerprint density at radius 1 is 1.05 bits per heavy atom. The maximum Gasteiger partial charge on any atom is 0.320 e. The highest BCUT2D eigenvalue weighted by Gasteiger charge is 2.60. The molecule has 7 rings (SSSR count). The Labute approximate surface area is 262 Å². The molecule has 0 aromatic carbocycles. The molecule has 0 aromatic rings. The second-order valence-electron chi connectivity index (χ2n) is 14.0. The summed E-state index contributed by atoms with van der Waals surface area (Å²) in [6, 6.07) is -1.84. The van der Waals surface area contributed by atoms with E-state index in [1.165, 1.54) is 17.8 Å². The lowest BCUT2D eigenvalue weighted by Crippen LogP contribution is -2.81.